The van der Waals surface area contributed by atoms with E-state index < -0.39 is 0 Å². The van der Waals surface area contributed by atoms with Crippen LogP contribution >= 0.6 is 11.3 Å². The molecule has 4 saturated carbocycles. The number of likely N-dealkylation sites (N-methyl/N-ethyl adjacent to an activating group) is 1. The van der Waals surface area contributed by atoms with Gasteiger partial charge in [0.15, 0.2) is 0 Å². The van der Waals surface area contributed by atoms with Gasteiger partial charge in [-0.2, -0.15) is 0 Å². The van der Waals surface area contributed by atoms with E-state index in [2.05, 4.69) is 28.4 Å². The lowest BCUT2D eigenvalue weighted by Gasteiger charge is -2.57. The number of aromatic nitrogens is 1. The maximum atomic E-state index is 13.1. The number of para-hydroxylation sites is 1. The number of rotatable bonds is 5. The second-order valence-electron chi connectivity index (χ2n) is 9.35. The zero-order valence-corrected chi connectivity index (χ0v) is 17.1. The largest absolute Gasteiger partial charge is 0.349 e. The Morgan fingerprint density at radius 2 is 1.85 bits per heavy atom. The second-order valence-corrected chi connectivity index (χ2v) is 10.5. The molecule has 4 bridgehead atoms. The van der Waals surface area contributed by atoms with Crippen LogP contribution in [0.1, 0.15) is 50.5 Å². The maximum absolute atomic E-state index is 13.1. The van der Waals surface area contributed by atoms with E-state index >= 15 is 0 Å². The Hall–Kier alpha value is -1.46. The van der Waals surface area contributed by atoms with Crippen LogP contribution in [0.2, 0.25) is 0 Å². The first-order valence-corrected chi connectivity index (χ1v) is 11.2. The maximum Gasteiger partial charge on any atom is 0.237 e. The molecule has 1 aromatic heterocycles. The van der Waals surface area contributed by atoms with Crippen molar-refractivity contribution in [2.45, 2.75) is 63.6 Å². The van der Waals surface area contributed by atoms with Crippen molar-refractivity contribution in [2.75, 3.05) is 7.05 Å². The van der Waals surface area contributed by atoms with Gasteiger partial charge in [0.25, 0.3) is 0 Å². The predicted molar refractivity (Wildman–Crippen MR) is 110 cm³/mol. The first kappa shape index (κ1) is 17.6. The molecule has 4 aliphatic carbocycles. The number of amides is 1. The van der Waals surface area contributed by atoms with Gasteiger partial charge in [-0.15, -0.1) is 11.3 Å². The summed E-state index contributed by atoms with van der Waals surface area (Å²) in [5.74, 6) is 2.76. The Morgan fingerprint density at radius 3 is 2.48 bits per heavy atom. The van der Waals surface area contributed by atoms with Crippen LogP contribution in [0, 0.1) is 17.8 Å². The zero-order chi connectivity index (χ0) is 18.6. The Kier molecular flexibility index (Phi) is 4.28. The van der Waals surface area contributed by atoms with Crippen LogP contribution in [0.3, 0.4) is 0 Å². The van der Waals surface area contributed by atoms with E-state index in [1.54, 1.807) is 11.3 Å². The summed E-state index contributed by atoms with van der Waals surface area (Å²) in [6.45, 7) is 2.75. The molecule has 1 atom stereocenters. The molecule has 0 saturated heterocycles. The molecule has 1 unspecified atom stereocenters. The van der Waals surface area contributed by atoms with Crippen LogP contribution < -0.4 is 5.32 Å². The minimum absolute atomic E-state index is 0.0940. The van der Waals surface area contributed by atoms with Crippen molar-refractivity contribution in [1.29, 1.82) is 0 Å². The Labute approximate surface area is 165 Å². The van der Waals surface area contributed by atoms with Crippen molar-refractivity contribution in [3.8, 4) is 0 Å². The number of benzene rings is 1. The van der Waals surface area contributed by atoms with Crippen molar-refractivity contribution >= 4 is 27.5 Å². The SMILES string of the molecule is CC(C(=O)NC12CC3CC(CC(C3)C1)C2)N(C)Cc1nc2ccccc2s1. The van der Waals surface area contributed by atoms with E-state index in [0.717, 1.165) is 34.8 Å². The van der Waals surface area contributed by atoms with Gasteiger partial charge in [-0.05, 0) is 82.4 Å². The molecule has 4 nitrogen and oxygen atoms in total. The quantitative estimate of drug-likeness (QED) is 0.841. The van der Waals surface area contributed by atoms with Gasteiger partial charge in [-0.25, -0.2) is 4.98 Å². The number of nitrogens with one attached hydrogen (secondary N) is 1. The van der Waals surface area contributed by atoms with Crippen LogP contribution in [0.25, 0.3) is 10.2 Å². The summed E-state index contributed by atoms with van der Waals surface area (Å²) in [7, 11) is 2.04. The standard InChI is InChI=1S/C22H29N3OS/c1-14(25(2)13-20-23-18-5-3-4-6-19(18)27-20)21(26)24-22-10-15-7-16(11-22)9-17(8-15)12-22/h3-6,14-17H,7-13H2,1-2H3,(H,24,26). The Morgan fingerprint density at radius 1 is 1.22 bits per heavy atom. The van der Waals surface area contributed by atoms with Gasteiger partial charge >= 0.3 is 0 Å². The van der Waals surface area contributed by atoms with E-state index in [1.165, 1.54) is 43.2 Å². The monoisotopic (exact) mass is 383 g/mol. The fraction of sp³-hybridized carbons (Fsp3) is 0.636. The van der Waals surface area contributed by atoms with Gasteiger partial charge in [0.2, 0.25) is 5.91 Å². The third-order valence-electron chi connectivity index (χ3n) is 7.19. The summed E-state index contributed by atoms with van der Waals surface area (Å²) in [4.78, 5) is 19.9. The first-order valence-electron chi connectivity index (χ1n) is 10.4. The lowest BCUT2D eigenvalue weighted by Crippen LogP contribution is -2.62. The Balaban J connectivity index is 1.24. The molecule has 1 heterocycles. The molecule has 1 amide bonds. The van der Waals surface area contributed by atoms with Crippen molar-refractivity contribution in [1.82, 2.24) is 15.2 Å². The van der Waals surface area contributed by atoms with Crippen LogP contribution in [0.5, 0.6) is 0 Å². The summed E-state index contributed by atoms with van der Waals surface area (Å²) in [6.07, 6.45) is 7.84. The first-order chi connectivity index (χ1) is 13.0. The number of fused-ring (bicyclic) bond motifs is 1. The summed E-state index contributed by atoms with van der Waals surface area (Å²) < 4.78 is 1.21. The van der Waals surface area contributed by atoms with E-state index in [1.807, 2.05) is 20.0 Å². The molecular weight excluding hydrogens is 354 g/mol. The fourth-order valence-electron chi connectivity index (χ4n) is 6.17. The molecule has 4 aliphatic rings. The molecule has 0 aliphatic heterocycles. The highest BCUT2D eigenvalue weighted by atomic mass is 32.1. The zero-order valence-electron chi connectivity index (χ0n) is 16.3. The molecule has 5 heteroatoms. The lowest BCUT2D eigenvalue weighted by atomic mass is 9.53. The van der Waals surface area contributed by atoms with Gasteiger partial charge < -0.3 is 5.32 Å². The normalized spacial score (nSPS) is 32.9. The summed E-state index contributed by atoms with van der Waals surface area (Å²) in [5, 5.41) is 4.60. The van der Waals surface area contributed by atoms with Gasteiger partial charge in [0, 0.05) is 5.54 Å². The molecule has 4 fully saturated rings. The number of carbonyl (C=O) groups is 1. The Bertz CT molecular complexity index is 792. The summed E-state index contributed by atoms with van der Waals surface area (Å²) >= 11 is 1.73. The third-order valence-corrected chi connectivity index (χ3v) is 8.21. The molecule has 2 aromatic rings. The van der Waals surface area contributed by atoms with Crippen LogP contribution in [0.15, 0.2) is 24.3 Å². The number of hydrogen-bond donors (Lipinski definition) is 1. The summed E-state index contributed by atoms with van der Waals surface area (Å²) in [5.41, 5.74) is 1.15. The number of thiazole rings is 1. The van der Waals surface area contributed by atoms with E-state index in [9.17, 15) is 4.79 Å². The number of nitrogens with zero attached hydrogens (tertiary/aromatic N) is 2. The molecule has 144 valence electrons. The third kappa shape index (κ3) is 3.29. The molecule has 0 radical (unpaired) electrons. The minimum atomic E-state index is -0.134. The molecule has 1 aromatic carbocycles. The van der Waals surface area contributed by atoms with E-state index in [4.69, 9.17) is 4.98 Å². The lowest BCUT2D eigenvalue weighted by molar-refractivity contribution is -0.131. The van der Waals surface area contributed by atoms with Crippen LogP contribution in [-0.4, -0.2) is 34.4 Å². The smallest absolute Gasteiger partial charge is 0.237 e. The average Bonchev–Trinajstić information content (AvgIpc) is 3.01. The van der Waals surface area contributed by atoms with E-state index in [-0.39, 0.29) is 17.5 Å². The molecule has 6 rings (SSSR count). The molecule has 1 N–H and O–H groups in total. The van der Waals surface area contributed by atoms with Crippen molar-refractivity contribution in [3.05, 3.63) is 29.3 Å². The van der Waals surface area contributed by atoms with Crippen molar-refractivity contribution in [3.63, 3.8) is 0 Å². The molecular formula is C22H29N3OS. The topological polar surface area (TPSA) is 45.2 Å². The second kappa shape index (κ2) is 6.56. The highest BCUT2D eigenvalue weighted by Gasteiger charge is 2.51. The molecule has 0 spiro atoms. The van der Waals surface area contributed by atoms with Crippen molar-refractivity contribution < 1.29 is 4.79 Å². The van der Waals surface area contributed by atoms with Crippen LogP contribution in [0.4, 0.5) is 0 Å². The van der Waals surface area contributed by atoms with Gasteiger partial charge in [-0.3, -0.25) is 9.69 Å². The highest BCUT2D eigenvalue weighted by Crippen LogP contribution is 2.55. The van der Waals surface area contributed by atoms with Gasteiger partial charge in [-0.1, -0.05) is 12.1 Å². The van der Waals surface area contributed by atoms with Gasteiger partial charge in [0.05, 0.1) is 22.8 Å². The van der Waals surface area contributed by atoms with Crippen molar-refractivity contribution in [2.24, 2.45) is 17.8 Å². The summed E-state index contributed by atoms with van der Waals surface area (Å²) in [6, 6.07) is 8.11. The van der Waals surface area contributed by atoms with Gasteiger partial charge in [0.1, 0.15) is 5.01 Å². The highest BCUT2D eigenvalue weighted by molar-refractivity contribution is 7.18. The van der Waals surface area contributed by atoms with Crippen LogP contribution in [-0.2, 0) is 11.3 Å². The van der Waals surface area contributed by atoms with E-state index in [0.29, 0.717) is 0 Å². The average molecular weight is 384 g/mol. The minimum Gasteiger partial charge on any atom is -0.349 e. The predicted octanol–water partition coefficient (Wildman–Crippen LogP) is 4.20. The number of carbonyl (C=O) groups excluding carboxylic acids is 1. The molecule has 27 heavy (non-hydrogen) atoms. The number of hydrogen-bond acceptors (Lipinski definition) is 4. The fourth-order valence-corrected chi connectivity index (χ4v) is 7.20.